The zero-order valence-electron chi connectivity index (χ0n) is 14.2. The number of primary amides is 1. The van der Waals surface area contributed by atoms with Gasteiger partial charge < -0.3 is 15.0 Å². The molecule has 126 valence electrons. The molecule has 0 fully saturated rings. The van der Waals surface area contributed by atoms with E-state index < -0.39 is 0 Å². The highest BCUT2D eigenvalue weighted by atomic mass is 16.5. The van der Waals surface area contributed by atoms with E-state index in [9.17, 15) is 4.79 Å². The van der Waals surface area contributed by atoms with Crippen LogP contribution in [0.1, 0.15) is 31.4 Å². The lowest BCUT2D eigenvalue weighted by Crippen LogP contribution is -2.09. The lowest BCUT2D eigenvalue weighted by atomic mass is 10.1. The number of hydrogen-bond acceptors (Lipinski definition) is 3. The molecule has 0 bridgehead atoms. The molecule has 5 heteroatoms. The Hall–Kier alpha value is -2.56. The molecule has 0 spiro atoms. The number of amides is 1. The van der Waals surface area contributed by atoms with Gasteiger partial charge in [0, 0.05) is 36.0 Å². The Labute approximate surface area is 141 Å². The van der Waals surface area contributed by atoms with Gasteiger partial charge in [0.05, 0.1) is 23.8 Å². The number of methoxy groups -OCH3 is 1. The molecule has 2 aromatic heterocycles. The number of unbranched alkanes of at least 4 members (excludes halogenated alkanes) is 2. The Balaban J connectivity index is 1.97. The lowest BCUT2D eigenvalue weighted by molar-refractivity contribution is -0.118. The van der Waals surface area contributed by atoms with Crippen LogP contribution in [0.2, 0.25) is 0 Å². The third-order valence-electron chi connectivity index (χ3n) is 4.47. The first-order valence-electron chi connectivity index (χ1n) is 8.31. The Kier molecular flexibility index (Phi) is 4.69. The number of ether oxygens (including phenoxy) is 1. The number of hydrogen-bond donors (Lipinski definition) is 1. The van der Waals surface area contributed by atoms with Crippen LogP contribution in [-0.2, 0) is 11.3 Å². The fraction of sp³-hybridized carbons (Fsp3) is 0.368. The molecule has 2 N–H and O–H groups in total. The molecule has 0 aliphatic heterocycles. The molecule has 0 saturated heterocycles. The van der Waals surface area contributed by atoms with Crippen molar-refractivity contribution in [2.45, 2.75) is 39.2 Å². The monoisotopic (exact) mass is 325 g/mol. The number of aromatic nitrogens is 2. The number of nitrogens with zero attached hydrogens (tertiary/aromatic N) is 2. The molecule has 3 aromatic rings. The molecule has 0 aliphatic rings. The van der Waals surface area contributed by atoms with Crippen molar-refractivity contribution in [3.05, 3.63) is 36.2 Å². The number of carbonyl (C=O) groups excluding carboxylic acids is 1. The minimum atomic E-state index is -0.225. The summed E-state index contributed by atoms with van der Waals surface area (Å²) in [5.41, 5.74) is 8.57. The summed E-state index contributed by atoms with van der Waals surface area (Å²) in [7, 11) is 1.69. The number of fused-ring (bicyclic) bond motifs is 3. The molecule has 0 atom stereocenters. The van der Waals surface area contributed by atoms with Crippen molar-refractivity contribution in [1.82, 2.24) is 9.55 Å². The second-order valence-electron chi connectivity index (χ2n) is 6.10. The highest BCUT2D eigenvalue weighted by Crippen LogP contribution is 2.32. The zero-order chi connectivity index (χ0) is 17.1. The molecule has 0 unspecified atom stereocenters. The van der Waals surface area contributed by atoms with Gasteiger partial charge in [-0.25, -0.2) is 0 Å². The summed E-state index contributed by atoms with van der Waals surface area (Å²) in [5, 5.41) is 2.44. The second-order valence-corrected chi connectivity index (χ2v) is 6.10. The van der Waals surface area contributed by atoms with Crippen LogP contribution in [0.25, 0.3) is 21.8 Å². The maximum Gasteiger partial charge on any atom is 0.217 e. The summed E-state index contributed by atoms with van der Waals surface area (Å²) in [6.45, 7) is 2.93. The SMILES string of the molecule is COc1ccc2c3ccnc(C)c3n(CCCCCC(N)=O)c2c1. The second kappa shape index (κ2) is 6.91. The highest BCUT2D eigenvalue weighted by molar-refractivity contribution is 6.09. The average molecular weight is 325 g/mol. The number of rotatable bonds is 7. The number of benzene rings is 1. The molecule has 5 nitrogen and oxygen atoms in total. The first-order valence-corrected chi connectivity index (χ1v) is 8.31. The highest BCUT2D eigenvalue weighted by Gasteiger charge is 2.13. The molecule has 1 amide bonds. The topological polar surface area (TPSA) is 70.1 Å². The third kappa shape index (κ3) is 3.07. The van der Waals surface area contributed by atoms with Gasteiger partial charge in [-0.1, -0.05) is 6.42 Å². The number of nitrogens with two attached hydrogens (primary N) is 1. The molecule has 0 saturated carbocycles. The van der Waals surface area contributed by atoms with E-state index in [1.165, 1.54) is 16.3 Å². The van der Waals surface area contributed by atoms with E-state index in [1.807, 2.05) is 19.2 Å². The van der Waals surface area contributed by atoms with Crippen LogP contribution in [0.5, 0.6) is 5.75 Å². The van der Waals surface area contributed by atoms with Crippen LogP contribution >= 0.6 is 0 Å². The minimum absolute atomic E-state index is 0.225. The van der Waals surface area contributed by atoms with Crippen molar-refractivity contribution < 1.29 is 9.53 Å². The molecule has 3 rings (SSSR count). The van der Waals surface area contributed by atoms with Crippen LogP contribution in [0.3, 0.4) is 0 Å². The zero-order valence-corrected chi connectivity index (χ0v) is 14.2. The van der Waals surface area contributed by atoms with Crippen LogP contribution in [-0.4, -0.2) is 22.6 Å². The molecule has 0 aliphatic carbocycles. The van der Waals surface area contributed by atoms with E-state index in [0.717, 1.165) is 42.8 Å². The van der Waals surface area contributed by atoms with Crippen LogP contribution in [0.4, 0.5) is 0 Å². The van der Waals surface area contributed by atoms with Gasteiger partial charge in [-0.05, 0) is 38.0 Å². The van der Waals surface area contributed by atoms with Gasteiger partial charge in [-0.15, -0.1) is 0 Å². The largest absolute Gasteiger partial charge is 0.497 e. The molecular weight excluding hydrogens is 302 g/mol. The van der Waals surface area contributed by atoms with E-state index >= 15 is 0 Å². The summed E-state index contributed by atoms with van der Waals surface area (Å²) in [6, 6.07) is 8.26. The fourth-order valence-corrected chi connectivity index (χ4v) is 3.30. The van der Waals surface area contributed by atoms with E-state index in [-0.39, 0.29) is 5.91 Å². The summed E-state index contributed by atoms with van der Waals surface area (Å²) in [6.07, 6.45) is 5.14. The average Bonchev–Trinajstić information content (AvgIpc) is 2.89. The summed E-state index contributed by atoms with van der Waals surface area (Å²) in [5.74, 6) is 0.627. The van der Waals surface area contributed by atoms with Gasteiger partial charge in [0.2, 0.25) is 5.91 Å². The van der Waals surface area contributed by atoms with E-state index in [1.54, 1.807) is 7.11 Å². The van der Waals surface area contributed by atoms with Crippen molar-refractivity contribution in [2.24, 2.45) is 5.73 Å². The smallest absolute Gasteiger partial charge is 0.217 e. The van der Waals surface area contributed by atoms with Gasteiger partial charge >= 0.3 is 0 Å². The van der Waals surface area contributed by atoms with Gasteiger partial charge in [0.1, 0.15) is 5.75 Å². The number of aryl methyl sites for hydroxylation is 2. The Morgan fingerprint density at radius 3 is 2.79 bits per heavy atom. The third-order valence-corrected chi connectivity index (χ3v) is 4.47. The number of pyridine rings is 1. The molecule has 1 aromatic carbocycles. The normalized spacial score (nSPS) is 11.2. The van der Waals surface area contributed by atoms with E-state index in [2.05, 4.69) is 27.8 Å². The van der Waals surface area contributed by atoms with Crippen LogP contribution in [0.15, 0.2) is 30.5 Å². The maximum atomic E-state index is 10.9. The van der Waals surface area contributed by atoms with Gasteiger partial charge in [0.15, 0.2) is 0 Å². The standard InChI is InChI=1S/C19H23N3O2/c1-13-19-16(9-10-21-13)15-8-7-14(24-2)12-17(15)22(19)11-5-3-4-6-18(20)23/h7-10,12H,3-6,11H2,1-2H3,(H2,20,23). The Bertz CT molecular complexity index is 883. The first-order chi connectivity index (χ1) is 11.6. The fourth-order valence-electron chi connectivity index (χ4n) is 3.30. The quantitative estimate of drug-likeness (QED) is 0.675. The maximum absolute atomic E-state index is 10.9. The summed E-state index contributed by atoms with van der Waals surface area (Å²) in [4.78, 5) is 15.3. The van der Waals surface area contributed by atoms with Crippen molar-refractivity contribution in [2.75, 3.05) is 7.11 Å². The lowest BCUT2D eigenvalue weighted by Gasteiger charge is -2.09. The molecular formula is C19H23N3O2. The Morgan fingerprint density at radius 1 is 1.21 bits per heavy atom. The molecule has 0 radical (unpaired) electrons. The van der Waals surface area contributed by atoms with Crippen molar-refractivity contribution >= 4 is 27.7 Å². The first kappa shape index (κ1) is 16.3. The molecule has 2 heterocycles. The van der Waals surface area contributed by atoms with Crippen molar-refractivity contribution in [3.63, 3.8) is 0 Å². The predicted molar refractivity (Wildman–Crippen MR) is 96.2 cm³/mol. The summed E-state index contributed by atoms with van der Waals surface area (Å²) < 4.78 is 7.71. The van der Waals surface area contributed by atoms with E-state index in [4.69, 9.17) is 10.5 Å². The van der Waals surface area contributed by atoms with Crippen LogP contribution in [0, 0.1) is 6.92 Å². The van der Waals surface area contributed by atoms with Crippen molar-refractivity contribution in [1.29, 1.82) is 0 Å². The van der Waals surface area contributed by atoms with Gasteiger partial charge in [-0.2, -0.15) is 0 Å². The number of carbonyl (C=O) groups is 1. The van der Waals surface area contributed by atoms with E-state index in [0.29, 0.717) is 6.42 Å². The molecule has 24 heavy (non-hydrogen) atoms. The Morgan fingerprint density at radius 2 is 2.04 bits per heavy atom. The van der Waals surface area contributed by atoms with Crippen LogP contribution < -0.4 is 10.5 Å². The summed E-state index contributed by atoms with van der Waals surface area (Å²) >= 11 is 0. The van der Waals surface area contributed by atoms with Gasteiger partial charge in [0.25, 0.3) is 0 Å². The minimum Gasteiger partial charge on any atom is -0.497 e. The van der Waals surface area contributed by atoms with Crippen molar-refractivity contribution in [3.8, 4) is 5.75 Å². The predicted octanol–water partition coefficient (Wildman–Crippen LogP) is 3.55. The van der Waals surface area contributed by atoms with Gasteiger partial charge in [-0.3, -0.25) is 9.78 Å².